The Morgan fingerprint density at radius 1 is 0.733 bits per heavy atom. The number of halogens is 4. The third-order valence-electron chi connectivity index (χ3n) is 3.77. The minimum Gasteiger partial charge on any atom is -0.332 e. The summed E-state index contributed by atoms with van der Waals surface area (Å²) < 4.78 is 27.6. The fourth-order valence-corrected chi connectivity index (χ4v) is 4.40. The van der Waals surface area contributed by atoms with E-state index >= 15 is 0 Å². The van der Waals surface area contributed by atoms with Crippen LogP contribution in [-0.4, -0.2) is 13.5 Å². The molecule has 0 radical (unpaired) electrons. The van der Waals surface area contributed by atoms with Crippen LogP contribution >= 0.6 is 58.6 Å². The summed E-state index contributed by atoms with van der Waals surface area (Å²) in [7, 11) is -3.80. The lowest BCUT2D eigenvalue weighted by Gasteiger charge is -2.13. The van der Waals surface area contributed by atoms with E-state index in [1.165, 1.54) is 30.3 Å². The Hall–Kier alpha value is -1.74. The topological polar surface area (TPSA) is 70.2 Å². The van der Waals surface area contributed by atoms with Gasteiger partial charge < -0.3 is 10.6 Å². The monoisotopic (exact) mass is 519 g/mol. The van der Waals surface area contributed by atoms with E-state index in [0.717, 1.165) is 0 Å². The highest BCUT2D eigenvalue weighted by atomic mass is 35.5. The third kappa shape index (κ3) is 5.91. The molecule has 0 atom stereocenters. The number of hydrogen-bond donors (Lipinski definition) is 3. The van der Waals surface area contributed by atoms with Gasteiger partial charge in [0.05, 0.1) is 31.3 Å². The molecule has 11 heteroatoms. The fourth-order valence-electron chi connectivity index (χ4n) is 2.37. The molecule has 0 heterocycles. The van der Waals surface area contributed by atoms with Gasteiger partial charge in [-0.15, -0.1) is 0 Å². The van der Waals surface area contributed by atoms with Gasteiger partial charge in [-0.3, -0.25) is 4.72 Å². The second-order valence-corrected chi connectivity index (χ2v) is 9.71. The summed E-state index contributed by atoms with van der Waals surface area (Å²) in [6, 6.07) is 15.5. The lowest BCUT2D eigenvalue weighted by Crippen LogP contribution is -2.19. The van der Waals surface area contributed by atoms with Gasteiger partial charge in [0.2, 0.25) is 0 Å². The molecule has 3 aromatic rings. The van der Waals surface area contributed by atoms with Crippen molar-refractivity contribution in [2.75, 3.05) is 15.4 Å². The molecule has 0 spiro atoms. The Balaban J connectivity index is 1.67. The highest BCUT2D eigenvalue weighted by molar-refractivity contribution is 7.92. The Kier molecular flexibility index (Phi) is 7.34. The molecule has 0 aromatic heterocycles. The molecule has 0 fully saturated rings. The van der Waals surface area contributed by atoms with Gasteiger partial charge in [0.25, 0.3) is 10.0 Å². The van der Waals surface area contributed by atoms with Crippen LogP contribution in [0, 0.1) is 0 Å². The van der Waals surface area contributed by atoms with Crippen LogP contribution in [-0.2, 0) is 10.0 Å². The second kappa shape index (κ2) is 9.60. The molecule has 30 heavy (non-hydrogen) atoms. The Morgan fingerprint density at radius 3 is 2.03 bits per heavy atom. The Bertz CT molecular complexity index is 1200. The van der Waals surface area contributed by atoms with Crippen LogP contribution < -0.4 is 15.4 Å². The minimum absolute atomic E-state index is 0.0683. The van der Waals surface area contributed by atoms with Crippen LogP contribution in [0.25, 0.3) is 0 Å². The van der Waals surface area contributed by atoms with Crippen molar-refractivity contribution in [1.29, 1.82) is 0 Å². The highest BCUT2D eigenvalue weighted by Crippen LogP contribution is 2.27. The van der Waals surface area contributed by atoms with Gasteiger partial charge in [-0.2, -0.15) is 0 Å². The molecule has 0 unspecified atom stereocenters. The maximum atomic E-state index is 12.6. The average Bonchev–Trinajstić information content (AvgIpc) is 2.67. The van der Waals surface area contributed by atoms with Crippen molar-refractivity contribution >= 4 is 90.8 Å². The van der Waals surface area contributed by atoms with E-state index in [9.17, 15) is 8.42 Å². The van der Waals surface area contributed by atoms with Crippen LogP contribution in [0.4, 0.5) is 17.1 Å². The van der Waals surface area contributed by atoms with Crippen molar-refractivity contribution in [3.8, 4) is 0 Å². The van der Waals surface area contributed by atoms with Crippen molar-refractivity contribution in [1.82, 2.24) is 0 Å². The second-order valence-electron chi connectivity index (χ2n) is 5.96. The number of sulfonamides is 1. The van der Waals surface area contributed by atoms with Crippen molar-refractivity contribution in [3.63, 3.8) is 0 Å². The summed E-state index contributed by atoms with van der Waals surface area (Å²) >= 11 is 29.0. The molecule has 156 valence electrons. The Morgan fingerprint density at radius 2 is 1.40 bits per heavy atom. The first-order valence-electron chi connectivity index (χ1n) is 8.25. The lowest BCUT2D eigenvalue weighted by molar-refractivity contribution is 0.601. The van der Waals surface area contributed by atoms with Gasteiger partial charge in [0, 0.05) is 10.7 Å². The van der Waals surface area contributed by atoms with Gasteiger partial charge in [0.1, 0.15) is 0 Å². The summed E-state index contributed by atoms with van der Waals surface area (Å²) in [6.45, 7) is 0. The smallest absolute Gasteiger partial charge is 0.261 e. The first kappa shape index (κ1) is 22.9. The van der Waals surface area contributed by atoms with E-state index in [0.29, 0.717) is 32.1 Å². The number of benzene rings is 3. The number of anilines is 3. The first-order chi connectivity index (χ1) is 14.1. The van der Waals surface area contributed by atoms with Gasteiger partial charge in [0.15, 0.2) is 5.11 Å². The Labute approximate surface area is 199 Å². The largest absolute Gasteiger partial charge is 0.332 e. The molecule has 5 nitrogen and oxygen atoms in total. The van der Waals surface area contributed by atoms with Gasteiger partial charge in [-0.25, -0.2) is 8.42 Å². The van der Waals surface area contributed by atoms with Crippen LogP contribution in [0.15, 0.2) is 65.6 Å². The molecule has 0 saturated heterocycles. The summed E-state index contributed by atoms with van der Waals surface area (Å²) in [5.74, 6) is 0. The van der Waals surface area contributed by atoms with E-state index in [1.54, 1.807) is 30.3 Å². The quantitative estimate of drug-likeness (QED) is 0.319. The minimum atomic E-state index is -3.80. The highest BCUT2D eigenvalue weighted by Gasteiger charge is 2.15. The average molecular weight is 521 g/mol. The predicted octanol–water partition coefficient (Wildman–Crippen LogP) is 6.91. The zero-order valence-electron chi connectivity index (χ0n) is 14.9. The first-order valence-corrected chi connectivity index (χ1v) is 11.7. The summed E-state index contributed by atoms with van der Waals surface area (Å²) in [5.41, 5.74) is 1.48. The number of rotatable bonds is 5. The van der Waals surface area contributed by atoms with E-state index in [-0.39, 0.29) is 15.0 Å². The van der Waals surface area contributed by atoms with Crippen LogP contribution in [0.1, 0.15) is 0 Å². The summed E-state index contributed by atoms with van der Waals surface area (Å²) in [5, 5.41) is 7.70. The van der Waals surface area contributed by atoms with Gasteiger partial charge >= 0.3 is 0 Å². The molecule has 0 amide bonds. The maximum absolute atomic E-state index is 12.6. The number of thiocarbonyl (C=S) groups is 1. The number of hydrogen-bond acceptors (Lipinski definition) is 3. The molecule has 0 saturated carbocycles. The standard InChI is InChI=1S/C19H13Cl4N3O2S2/c20-11-1-8-18(17(23)9-11)25-19(29)24-12-2-5-14(6-3-12)30(27,28)26-13-4-7-15(21)16(22)10-13/h1-10,26H,(H2,24,25,29). The van der Waals surface area contributed by atoms with Crippen molar-refractivity contribution < 1.29 is 8.42 Å². The molecule has 0 aliphatic carbocycles. The third-order valence-corrected chi connectivity index (χ3v) is 6.66. The normalized spacial score (nSPS) is 11.1. The number of nitrogens with one attached hydrogen (secondary N) is 3. The fraction of sp³-hybridized carbons (Fsp3) is 0. The van der Waals surface area contributed by atoms with E-state index in [2.05, 4.69) is 15.4 Å². The van der Waals surface area contributed by atoms with Crippen LogP contribution in [0.5, 0.6) is 0 Å². The van der Waals surface area contributed by atoms with E-state index in [1.807, 2.05) is 0 Å². The molecular weight excluding hydrogens is 508 g/mol. The predicted molar refractivity (Wildman–Crippen MR) is 130 cm³/mol. The summed E-state index contributed by atoms with van der Waals surface area (Å²) in [4.78, 5) is 0.0683. The lowest BCUT2D eigenvalue weighted by atomic mass is 10.3. The van der Waals surface area contributed by atoms with Crippen LogP contribution in [0.2, 0.25) is 20.1 Å². The molecule has 0 aliphatic heterocycles. The van der Waals surface area contributed by atoms with E-state index < -0.39 is 10.0 Å². The molecule has 0 bridgehead atoms. The maximum Gasteiger partial charge on any atom is 0.261 e. The zero-order chi connectivity index (χ0) is 21.9. The molecule has 3 aromatic carbocycles. The molecule has 3 rings (SSSR count). The van der Waals surface area contributed by atoms with Crippen LogP contribution in [0.3, 0.4) is 0 Å². The molecular formula is C19H13Cl4N3O2S2. The molecule has 3 N–H and O–H groups in total. The van der Waals surface area contributed by atoms with Crippen molar-refractivity contribution in [2.45, 2.75) is 4.90 Å². The zero-order valence-corrected chi connectivity index (χ0v) is 19.6. The SMILES string of the molecule is O=S(=O)(Nc1ccc(Cl)c(Cl)c1)c1ccc(NC(=S)Nc2ccc(Cl)cc2Cl)cc1. The van der Waals surface area contributed by atoms with Gasteiger partial charge in [-0.1, -0.05) is 46.4 Å². The molecule has 0 aliphatic rings. The van der Waals surface area contributed by atoms with Crippen molar-refractivity contribution in [2.24, 2.45) is 0 Å². The van der Waals surface area contributed by atoms with E-state index in [4.69, 9.17) is 58.6 Å². The van der Waals surface area contributed by atoms with Crippen molar-refractivity contribution in [3.05, 3.63) is 80.8 Å². The summed E-state index contributed by atoms with van der Waals surface area (Å²) in [6.07, 6.45) is 0. The van der Waals surface area contributed by atoms with Gasteiger partial charge in [-0.05, 0) is 72.9 Å².